The number of nitrogens with one attached hydrogen (secondary N) is 1. The highest BCUT2D eigenvalue weighted by molar-refractivity contribution is 5.99. The van der Waals surface area contributed by atoms with Gasteiger partial charge in [-0.3, -0.25) is 9.59 Å². The first kappa shape index (κ1) is 24.9. The number of fused-ring (bicyclic) bond motifs is 1. The number of hydrogen-bond donors (Lipinski definition) is 1. The van der Waals surface area contributed by atoms with E-state index in [4.69, 9.17) is 18.9 Å². The molecule has 0 unspecified atom stereocenters. The highest BCUT2D eigenvalue weighted by Crippen LogP contribution is 2.34. The molecule has 8 heteroatoms. The molecule has 0 atom stereocenters. The molecule has 0 saturated carbocycles. The molecule has 2 amide bonds. The molecular weight excluding hydrogens is 460 g/mol. The van der Waals surface area contributed by atoms with E-state index < -0.39 is 0 Å². The molecule has 188 valence electrons. The molecular formula is C28H30N2O6. The molecule has 0 radical (unpaired) electrons. The number of carbonyl (C=O) groups excluding carboxylic acids is 2. The van der Waals surface area contributed by atoms with Crippen LogP contribution in [0.4, 0.5) is 11.4 Å². The average Bonchev–Trinajstić information content (AvgIpc) is 2.89. The number of nitrogens with zero attached hydrogens (tertiary/aromatic N) is 1. The predicted molar refractivity (Wildman–Crippen MR) is 137 cm³/mol. The summed E-state index contributed by atoms with van der Waals surface area (Å²) in [5, 5.41) is 2.92. The summed E-state index contributed by atoms with van der Waals surface area (Å²) in [7, 11) is 1.62. The number of hydrogen-bond acceptors (Lipinski definition) is 6. The lowest BCUT2D eigenvalue weighted by molar-refractivity contribution is -0.121. The first-order chi connectivity index (χ1) is 17.6. The number of ether oxygens (including phenoxy) is 4. The molecule has 3 aromatic rings. The second-order valence-corrected chi connectivity index (χ2v) is 8.20. The number of benzene rings is 3. The largest absolute Gasteiger partial charge is 0.497 e. The molecule has 0 bridgehead atoms. The van der Waals surface area contributed by atoms with Crippen LogP contribution in [0.15, 0.2) is 66.7 Å². The van der Waals surface area contributed by atoms with E-state index in [0.717, 1.165) is 22.8 Å². The van der Waals surface area contributed by atoms with Crippen LogP contribution in [0.1, 0.15) is 18.9 Å². The van der Waals surface area contributed by atoms with Gasteiger partial charge in [-0.15, -0.1) is 0 Å². The maximum Gasteiger partial charge on any atom is 0.265 e. The van der Waals surface area contributed by atoms with E-state index in [1.807, 2.05) is 55.5 Å². The highest BCUT2D eigenvalue weighted by Gasteiger charge is 2.25. The van der Waals surface area contributed by atoms with Gasteiger partial charge in [0.1, 0.15) is 23.0 Å². The molecule has 4 rings (SSSR count). The summed E-state index contributed by atoms with van der Waals surface area (Å²) in [5.74, 6) is 2.60. The van der Waals surface area contributed by atoms with E-state index >= 15 is 0 Å². The van der Waals surface area contributed by atoms with Crippen molar-refractivity contribution >= 4 is 23.2 Å². The Hall–Kier alpha value is -4.20. The Morgan fingerprint density at radius 2 is 1.67 bits per heavy atom. The Kier molecular flexibility index (Phi) is 8.28. The third-order valence-electron chi connectivity index (χ3n) is 5.64. The van der Waals surface area contributed by atoms with E-state index in [2.05, 4.69) is 5.32 Å². The van der Waals surface area contributed by atoms with Crippen LogP contribution >= 0.6 is 0 Å². The van der Waals surface area contributed by atoms with Gasteiger partial charge in [0.25, 0.3) is 5.91 Å². The average molecular weight is 491 g/mol. The van der Waals surface area contributed by atoms with Gasteiger partial charge in [0.15, 0.2) is 6.61 Å². The van der Waals surface area contributed by atoms with Crippen molar-refractivity contribution in [3.05, 3.63) is 72.3 Å². The van der Waals surface area contributed by atoms with Gasteiger partial charge < -0.3 is 29.2 Å². The second-order valence-electron chi connectivity index (χ2n) is 8.20. The maximum atomic E-state index is 12.6. The highest BCUT2D eigenvalue weighted by atomic mass is 16.5. The Bertz CT molecular complexity index is 1180. The van der Waals surface area contributed by atoms with Crippen molar-refractivity contribution < 1.29 is 28.5 Å². The lowest BCUT2D eigenvalue weighted by atomic mass is 10.1. The van der Waals surface area contributed by atoms with E-state index in [1.165, 1.54) is 0 Å². The lowest BCUT2D eigenvalue weighted by Gasteiger charge is -2.30. The van der Waals surface area contributed by atoms with Gasteiger partial charge in [-0.05, 0) is 73.5 Å². The molecule has 0 aliphatic carbocycles. The topological polar surface area (TPSA) is 86.3 Å². The number of anilines is 2. The summed E-state index contributed by atoms with van der Waals surface area (Å²) in [6.45, 7) is 3.42. The molecule has 36 heavy (non-hydrogen) atoms. The van der Waals surface area contributed by atoms with Crippen LogP contribution in [0.25, 0.3) is 0 Å². The Morgan fingerprint density at radius 1 is 0.972 bits per heavy atom. The van der Waals surface area contributed by atoms with Crippen molar-refractivity contribution in [2.24, 2.45) is 0 Å². The minimum atomic E-state index is -0.151. The van der Waals surface area contributed by atoms with Crippen LogP contribution in [0.5, 0.6) is 23.0 Å². The van der Waals surface area contributed by atoms with Gasteiger partial charge in [-0.25, -0.2) is 0 Å². The summed E-state index contributed by atoms with van der Waals surface area (Å²) in [5.41, 5.74) is 2.11. The predicted octanol–water partition coefficient (Wildman–Crippen LogP) is 4.47. The molecule has 1 aliphatic heterocycles. The van der Waals surface area contributed by atoms with Crippen molar-refractivity contribution in [2.75, 3.05) is 43.7 Å². The van der Waals surface area contributed by atoms with Gasteiger partial charge in [-0.2, -0.15) is 0 Å². The maximum absolute atomic E-state index is 12.6. The van der Waals surface area contributed by atoms with Crippen molar-refractivity contribution in [3.63, 3.8) is 0 Å². The SMILES string of the molecule is CCOc1ccc(CC(=O)Nc2ccc3c(c2)N(CCCOc2ccc(OC)cc2)C(=O)CO3)cc1. The number of amides is 2. The molecule has 3 aromatic carbocycles. The minimum Gasteiger partial charge on any atom is -0.497 e. The normalized spacial score (nSPS) is 12.4. The molecule has 8 nitrogen and oxygen atoms in total. The molecule has 1 heterocycles. The minimum absolute atomic E-state index is 0.0181. The summed E-state index contributed by atoms with van der Waals surface area (Å²) in [6.07, 6.45) is 0.858. The Labute approximate surface area is 210 Å². The van der Waals surface area contributed by atoms with Crippen LogP contribution in [0.3, 0.4) is 0 Å². The zero-order chi connectivity index (χ0) is 25.3. The fraction of sp³-hybridized carbons (Fsp3) is 0.286. The first-order valence-corrected chi connectivity index (χ1v) is 11.9. The number of methoxy groups -OCH3 is 1. The third kappa shape index (κ3) is 6.47. The smallest absolute Gasteiger partial charge is 0.265 e. The van der Waals surface area contributed by atoms with E-state index in [9.17, 15) is 9.59 Å². The quantitative estimate of drug-likeness (QED) is 0.399. The molecule has 1 N–H and O–H groups in total. The van der Waals surface area contributed by atoms with Crippen LogP contribution in [-0.4, -0.2) is 45.3 Å². The molecule has 1 aliphatic rings. The molecule has 0 fully saturated rings. The molecule has 0 saturated heterocycles. The van der Waals surface area contributed by atoms with Crippen molar-refractivity contribution in [3.8, 4) is 23.0 Å². The zero-order valence-corrected chi connectivity index (χ0v) is 20.5. The fourth-order valence-corrected chi connectivity index (χ4v) is 3.87. The Morgan fingerprint density at radius 3 is 2.39 bits per heavy atom. The Balaban J connectivity index is 1.34. The van der Waals surface area contributed by atoms with Crippen LogP contribution < -0.4 is 29.2 Å². The first-order valence-electron chi connectivity index (χ1n) is 11.9. The molecule has 0 spiro atoms. The third-order valence-corrected chi connectivity index (χ3v) is 5.64. The summed E-state index contributed by atoms with van der Waals surface area (Å²) < 4.78 is 22.0. The van der Waals surface area contributed by atoms with Gasteiger partial charge in [-0.1, -0.05) is 12.1 Å². The second kappa shape index (κ2) is 12.0. The molecule has 0 aromatic heterocycles. The van der Waals surface area contributed by atoms with Crippen molar-refractivity contribution in [2.45, 2.75) is 19.8 Å². The van der Waals surface area contributed by atoms with Gasteiger partial charge >= 0.3 is 0 Å². The monoisotopic (exact) mass is 490 g/mol. The summed E-state index contributed by atoms with van der Waals surface area (Å²) >= 11 is 0. The van der Waals surface area contributed by atoms with Crippen LogP contribution in [0.2, 0.25) is 0 Å². The standard InChI is InChI=1S/C28H30N2O6/c1-3-34-23-8-5-20(6-9-23)17-27(31)29-21-7-14-26-25(18-21)30(28(32)19-36-26)15-4-16-35-24-12-10-22(33-2)11-13-24/h5-14,18H,3-4,15-17,19H2,1-2H3,(H,29,31). The summed E-state index contributed by atoms with van der Waals surface area (Å²) in [4.78, 5) is 26.9. The van der Waals surface area contributed by atoms with E-state index in [-0.39, 0.29) is 24.8 Å². The van der Waals surface area contributed by atoms with E-state index in [0.29, 0.717) is 43.3 Å². The lowest BCUT2D eigenvalue weighted by Crippen LogP contribution is -2.39. The fourth-order valence-electron chi connectivity index (χ4n) is 3.87. The van der Waals surface area contributed by atoms with Gasteiger partial charge in [0.2, 0.25) is 5.91 Å². The summed E-state index contributed by atoms with van der Waals surface area (Å²) in [6, 6.07) is 20.1. The zero-order valence-electron chi connectivity index (χ0n) is 20.5. The number of carbonyl (C=O) groups is 2. The van der Waals surface area contributed by atoms with Crippen molar-refractivity contribution in [1.29, 1.82) is 0 Å². The van der Waals surface area contributed by atoms with Crippen LogP contribution in [-0.2, 0) is 16.0 Å². The van der Waals surface area contributed by atoms with Gasteiger partial charge in [0, 0.05) is 12.2 Å². The van der Waals surface area contributed by atoms with E-state index in [1.54, 1.807) is 30.2 Å². The van der Waals surface area contributed by atoms with Crippen molar-refractivity contribution in [1.82, 2.24) is 0 Å². The van der Waals surface area contributed by atoms with Crippen LogP contribution in [0, 0.1) is 0 Å². The number of rotatable bonds is 11. The van der Waals surface area contributed by atoms with Gasteiger partial charge in [0.05, 0.1) is 32.4 Å².